The largest absolute Gasteiger partial charge is 0.507 e. The quantitative estimate of drug-likeness (QED) is 0.844. The SMILES string of the molecule is Cn1cnc(-c2cc(C(C)(C)C)c(O)c(C(C)(C)C)c2)c1. The van der Waals surface area contributed by atoms with Gasteiger partial charge < -0.3 is 9.67 Å². The van der Waals surface area contributed by atoms with E-state index in [4.69, 9.17) is 0 Å². The molecule has 0 spiro atoms. The highest BCUT2D eigenvalue weighted by molar-refractivity contribution is 5.65. The lowest BCUT2D eigenvalue weighted by Crippen LogP contribution is -2.17. The lowest BCUT2D eigenvalue weighted by molar-refractivity contribution is 0.423. The average Bonchev–Trinajstić information content (AvgIpc) is 2.73. The summed E-state index contributed by atoms with van der Waals surface area (Å²) in [5.41, 5.74) is 3.70. The molecule has 0 unspecified atom stereocenters. The van der Waals surface area contributed by atoms with Crippen molar-refractivity contribution in [2.75, 3.05) is 0 Å². The molecule has 1 N–H and O–H groups in total. The highest BCUT2D eigenvalue weighted by Gasteiger charge is 2.27. The van der Waals surface area contributed by atoms with Crippen LogP contribution in [-0.4, -0.2) is 14.7 Å². The van der Waals surface area contributed by atoms with Crippen LogP contribution < -0.4 is 0 Å². The molecule has 2 rings (SSSR count). The molecule has 0 aliphatic heterocycles. The zero-order chi connectivity index (χ0) is 16.0. The predicted octanol–water partition coefficient (Wildman–Crippen LogP) is 4.39. The smallest absolute Gasteiger partial charge is 0.123 e. The molecule has 0 atom stereocenters. The Balaban J connectivity index is 2.74. The topological polar surface area (TPSA) is 38.0 Å². The van der Waals surface area contributed by atoms with Crippen LogP contribution in [0.2, 0.25) is 0 Å². The number of imidazole rings is 1. The first kappa shape index (κ1) is 15.6. The van der Waals surface area contributed by atoms with Gasteiger partial charge in [0, 0.05) is 29.9 Å². The van der Waals surface area contributed by atoms with E-state index in [2.05, 4.69) is 58.7 Å². The van der Waals surface area contributed by atoms with Crippen LogP contribution in [0.15, 0.2) is 24.7 Å². The van der Waals surface area contributed by atoms with Gasteiger partial charge in [0.2, 0.25) is 0 Å². The van der Waals surface area contributed by atoms with E-state index in [1.165, 1.54) is 0 Å². The summed E-state index contributed by atoms with van der Waals surface area (Å²) < 4.78 is 1.94. The Morgan fingerprint density at radius 3 is 1.76 bits per heavy atom. The van der Waals surface area contributed by atoms with Gasteiger partial charge >= 0.3 is 0 Å². The summed E-state index contributed by atoms with van der Waals surface area (Å²) in [6, 6.07) is 4.12. The maximum Gasteiger partial charge on any atom is 0.123 e. The fourth-order valence-corrected chi connectivity index (χ4v) is 2.49. The molecular formula is C18H26N2O. The molecule has 0 aliphatic carbocycles. The van der Waals surface area contributed by atoms with E-state index in [1.54, 1.807) is 6.33 Å². The number of aromatic hydroxyl groups is 1. The molecule has 3 nitrogen and oxygen atoms in total. The van der Waals surface area contributed by atoms with Gasteiger partial charge in [0.25, 0.3) is 0 Å². The molecule has 21 heavy (non-hydrogen) atoms. The fraction of sp³-hybridized carbons (Fsp3) is 0.500. The van der Waals surface area contributed by atoms with Crippen LogP contribution in [0.3, 0.4) is 0 Å². The van der Waals surface area contributed by atoms with E-state index in [1.807, 2.05) is 17.8 Å². The van der Waals surface area contributed by atoms with Gasteiger partial charge in [-0.2, -0.15) is 0 Å². The molecule has 114 valence electrons. The number of phenolic OH excluding ortho intramolecular Hbond substituents is 1. The number of phenols is 1. The minimum atomic E-state index is -0.116. The van der Waals surface area contributed by atoms with E-state index >= 15 is 0 Å². The number of nitrogens with zero attached hydrogens (tertiary/aromatic N) is 2. The lowest BCUT2D eigenvalue weighted by atomic mass is 9.78. The number of benzene rings is 1. The summed E-state index contributed by atoms with van der Waals surface area (Å²) in [4.78, 5) is 4.44. The average molecular weight is 286 g/mol. The van der Waals surface area contributed by atoms with E-state index in [-0.39, 0.29) is 10.8 Å². The van der Waals surface area contributed by atoms with Crippen molar-refractivity contribution < 1.29 is 5.11 Å². The van der Waals surface area contributed by atoms with Gasteiger partial charge in [0.1, 0.15) is 5.75 Å². The van der Waals surface area contributed by atoms with Crippen molar-refractivity contribution in [1.29, 1.82) is 0 Å². The van der Waals surface area contributed by atoms with Crippen molar-refractivity contribution in [3.05, 3.63) is 35.8 Å². The predicted molar refractivity (Wildman–Crippen MR) is 87.7 cm³/mol. The highest BCUT2D eigenvalue weighted by atomic mass is 16.3. The van der Waals surface area contributed by atoms with Crippen LogP contribution in [0, 0.1) is 0 Å². The highest BCUT2D eigenvalue weighted by Crippen LogP contribution is 2.41. The third kappa shape index (κ3) is 3.12. The minimum Gasteiger partial charge on any atom is -0.507 e. The second-order valence-electron chi connectivity index (χ2n) is 7.84. The van der Waals surface area contributed by atoms with E-state index in [9.17, 15) is 5.11 Å². The number of hydrogen-bond donors (Lipinski definition) is 1. The van der Waals surface area contributed by atoms with Crippen molar-refractivity contribution in [3.63, 3.8) is 0 Å². The van der Waals surface area contributed by atoms with Crippen molar-refractivity contribution in [3.8, 4) is 17.0 Å². The maximum absolute atomic E-state index is 10.7. The molecule has 0 fully saturated rings. The molecule has 0 aliphatic rings. The molecule has 1 heterocycles. The monoisotopic (exact) mass is 286 g/mol. The molecule has 3 heteroatoms. The first-order valence-electron chi connectivity index (χ1n) is 7.36. The third-order valence-corrected chi connectivity index (χ3v) is 3.73. The van der Waals surface area contributed by atoms with E-state index < -0.39 is 0 Å². The van der Waals surface area contributed by atoms with Gasteiger partial charge in [-0.1, -0.05) is 41.5 Å². The normalized spacial score (nSPS) is 12.7. The Kier molecular flexibility index (Phi) is 3.64. The number of aromatic nitrogens is 2. The van der Waals surface area contributed by atoms with Crippen molar-refractivity contribution >= 4 is 0 Å². The van der Waals surface area contributed by atoms with Crippen molar-refractivity contribution in [2.45, 2.75) is 52.4 Å². The zero-order valence-electron chi connectivity index (χ0n) is 14.2. The maximum atomic E-state index is 10.7. The molecule has 1 aromatic heterocycles. The van der Waals surface area contributed by atoms with Crippen LogP contribution in [0.25, 0.3) is 11.3 Å². The Morgan fingerprint density at radius 2 is 1.43 bits per heavy atom. The Labute approximate surface area is 127 Å². The van der Waals surface area contributed by atoms with Crippen molar-refractivity contribution in [2.24, 2.45) is 7.05 Å². The third-order valence-electron chi connectivity index (χ3n) is 3.73. The van der Waals surface area contributed by atoms with Crippen LogP contribution in [-0.2, 0) is 17.9 Å². The Hall–Kier alpha value is -1.77. The van der Waals surface area contributed by atoms with E-state index in [0.29, 0.717) is 5.75 Å². The van der Waals surface area contributed by atoms with Crippen molar-refractivity contribution in [1.82, 2.24) is 9.55 Å². The number of rotatable bonds is 1. The number of hydrogen-bond acceptors (Lipinski definition) is 2. The summed E-state index contributed by atoms with van der Waals surface area (Å²) in [5.74, 6) is 0.412. The summed E-state index contributed by atoms with van der Waals surface area (Å²) in [6.45, 7) is 12.7. The molecule has 0 saturated carbocycles. The molecule has 0 bridgehead atoms. The van der Waals surface area contributed by atoms with Crippen LogP contribution in [0.4, 0.5) is 0 Å². The van der Waals surface area contributed by atoms with Gasteiger partial charge in [0.05, 0.1) is 12.0 Å². The summed E-state index contributed by atoms with van der Waals surface area (Å²) in [7, 11) is 1.96. The van der Waals surface area contributed by atoms with Gasteiger partial charge in [-0.15, -0.1) is 0 Å². The lowest BCUT2D eigenvalue weighted by Gasteiger charge is -2.28. The second-order valence-corrected chi connectivity index (χ2v) is 7.84. The van der Waals surface area contributed by atoms with Gasteiger partial charge in [-0.05, 0) is 23.0 Å². The summed E-state index contributed by atoms with van der Waals surface area (Å²) >= 11 is 0. The molecular weight excluding hydrogens is 260 g/mol. The fourth-order valence-electron chi connectivity index (χ4n) is 2.49. The summed E-state index contributed by atoms with van der Waals surface area (Å²) in [5, 5.41) is 10.7. The Bertz CT molecular complexity index is 620. The zero-order valence-corrected chi connectivity index (χ0v) is 14.2. The summed E-state index contributed by atoms with van der Waals surface area (Å²) in [6.07, 6.45) is 3.81. The van der Waals surface area contributed by atoms with Gasteiger partial charge in [-0.25, -0.2) is 4.98 Å². The molecule has 2 aromatic rings. The second kappa shape index (κ2) is 4.90. The Morgan fingerprint density at radius 1 is 0.952 bits per heavy atom. The van der Waals surface area contributed by atoms with Gasteiger partial charge in [0.15, 0.2) is 0 Å². The standard InChI is InChI=1S/C18H26N2O/c1-17(2,3)13-8-12(15-10-20(7)11-19-15)9-14(16(13)21)18(4,5)6/h8-11,21H,1-7H3. The van der Waals surface area contributed by atoms with Crippen LogP contribution >= 0.6 is 0 Å². The molecule has 1 aromatic carbocycles. The van der Waals surface area contributed by atoms with Crippen LogP contribution in [0.1, 0.15) is 52.7 Å². The first-order valence-corrected chi connectivity index (χ1v) is 7.36. The minimum absolute atomic E-state index is 0.116. The molecule has 0 amide bonds. The molecule has 0 saturated heterocycles. The molecule has 0 radical (unpaired) electrons. The van der Waals surface area contributed by atoms with Gasteiger partial charge in [-0.3, -0.25) is 0 Å². The number of aryl methyl sites for hydroxylation is 1. The first-order chi connectivity index (χ1) is 9.50. The van der Waals surface area contributed by atoms with E-state index in [0.717, 1.165) is 22.4 Å². The van der Waals surface area contributed by atoms with Crippen LogP contribution in [0.5, 0.6) is 5.75 Å².